The molecule has 1 aromatic carbocycles. The highest BCUT2D eigenvalue weighted by atomic mass is 16.5. The normalized spacial score (nSPS) is 23.6. The first kappa shape index (κ1) is 13.7. The van der Waals surface area contributed by atoms with E-state index in [9.17, 15) is 0 Å². The maximum absolute atomic E-state index is 5.25. The summed E-state index contributed by atoms with van der Waals surface area (Å²) in [6.45, 7) is 1.15. The zero-order valence-corrected chi connectivity index (χ0v) is 12.3. The minimum atomic E-state index is 0.534. The molecule has 3 rings (SSSR count). The van der Waals surface area contributed by atoms with Crippen LogP contribution in [0.3, 0.4) is 0 Å². The molecule has 1 N–H and O–H groups in total. The van der Waals surface area contributed by atoms with Gasteiger partial charge in [0.25, 0.3) is 0 Å². The second kappa shape index (κ2) is 6.45. The molecule has 1 aromatic rings. The lowest BCUT2D eigenvalue weighted by atomic mass is 9.93. The maximum Gasteiger partial charge on any atom is 0.118 e. The molecule has 2 atom stereocenters. The van der Waals surface area contributed by atoms with Crippen molar-refractivity contribution in [2.24, 2.45) is 11.8 Å². The fourth-order valence-corrected chi connectivity index (χ4v) is 3.13. The summed E-state index contributed by atoms with van der Waals surface area (Å²) in [5.41, 5.74) is 1.42. The van der Waals surface area contributed by atoms with E-state index in [1.807, 2.05) is 0 Å². The average molecular weight is 271 g/mol. The molecule has 0 amide bonds. The Morgan fingerprint density at radius 1 is 1.15 bits per heavy atom. The number of ether oxygens (including phenoxy) is 1. The van der Waals surface area contributed by atoms with Gasteiger partial charge in [-0.3, -0.25) is 0 Å². The summed E-state index contributed by atoms with van der Waals surface area (Å²) in [5, 5.41) is 3.83. The maximum atomic E-state index is 5.25. The molecule has 0 aliphatic heterocycles. The van der Waals surface area contributed by atoms with Crippen molar-refractivity contribution in [3.05, 3.63) is 42.0 Å². The van der Waals surface area contributed by atoms with Crippen LogP contribution in [-0.2, 0) is 0 Å². The molecular weight excluding hydrogens is 246 g/mol. The van der Waals surface area contributed by atoms with E-state index in [1.54, 1.807) is 7.11 Å². The van der Waals surface area contributed by atoms with Gasteiger partial charge in [0.2, 0.25) is 0 Å². The van der Waals surface area contributed by atoms with Gasteiger partial charge in [-0.25, -0.2) is 0 Å². The largest absolute Gasteiger partial charge is 0.497 e. The third kappa shape index (κ3) is 3.43. The number of hydrogen-bond donors (Lipinski definition) is 1. The van der Waals surface area contributed by atoms with Crippen molar-refractivity contribution in [1.29, 1.82) is 0 Å². The summed E-state index contributed by atoms with van der Waals surface area (Å²) in [6, 6.07) is 9.13. The third-order valence-corrected chi connectivity index (χ3v) is 4.57. The standard InChI is InChI=1S/C18H25NO/c1-20-17-11-9-16(10-12-17)18(15-7-8-15)19-13-14-5-3-2-4-6-14/h2-3,9-12,14-15,18-19H,4-8,13H2,1H3. The second-order valence-electron chi connectivity index (χ2n) is 6.15. The third-order valence-electron chi connectivity index (χ3n) is 4.57. The highest BCUT2D eigenvalue weighted by Gasteiger charge is 2.32. The van der Waals surface area contributed by atoms with Crippen molar-refractivity contribution >= 4 is 0 Å². The van der Waals surface area contributed by atoms with Gasteiger partial charge in [0, 0.05) is 6.04 Å². The lowest BCUT2D eigenvalue weighted by Crippen LogP contribution is -2.29. The summed E-state index contributed by atoms with van der Waals surface area (Å²) in [5.74, 6) is 2.60. The fourth-order valence-electron chi connectivity index (χ4n) is 3.13. The van der Waals surface area contributed by atoms with Crippen molar-refractivity contribution < 1.29 is 4.74 Å². The van der Waals surface area contributed by atoms with Gasteiger partial charge in [0.05, 0.1) is 7.11 Å². The molecule has 0 heterocycles. The highest BCUT2D eigenvalue weighted by molar-refractivity contribution is 5.30. The number of nitrogens with one attached hydrogen (secondary N) is 1. The molecule has 108 valence electrons. The van der Waals surface area contributed by atoms with E-state index in [0.29, 0.717) is 6.04 Å². The Kier molecular flexibility index (Phi) is 4.41. The van der Waals surface area contributed by atoms with Crippen molar-refractivity contribution in [1.82, 2.24) is 5.32 Å². The molecule has 1 fully saturated rings. The number of rotatable bonds is 6. The van der Waals surface area contributed by atoms with E-state index in [-0.39, 0.29) is 0 Å². The Balaban J connectivity index is 1.61. The predicted molar refractivity (Wildman–Crippen MR) is 82.9 cm³/mol. The van der Waals surface area contributed by atoms with Crippen LogP contribution >= 0.6 is 0 Å². The summed E-state index contributed by atoms with van der Waals surface area (Å²) < 4.78 is 5.25. The van der Waals surface area contributed by atoms with E-state index < -0.39 is 0 Å². The fraction of sp³-hybridized carbons (Fsp3) is 0.556. The Bertz CT molecular complexity index is 447. The minimum Gasteiger partial charge on any atom is -0.497 e. The van der Waals surface area contributed by atoms with Crippen LogP contribution < -0.4 is 10.1 Å². The first-order valence-electron chi connectivity index (χ1n) is 7.89. The van der Waals surface area contributed by atoms with E-state index in [0.717, 1.165) is 24.1 Å². The molecule has 2 nitrogen and oxygen atoms in total. The Labute approximate surface area is 122 Å². The van der Waals surface area contributed by atoms with Gasteiger partial charge in [-0.2, -0.15) is 0 Å². The molecule has 2 aliphatic rings. The SMILES string of the molecule is COc1ccc(C(NCC2CC=CCC2)C2CC2)cc1. The van der Waals surface area contributed by atoms with E-state index in [1.165, 1.54) is 37.7 Å². The number of allylic oxidation sites excluding steroid dienone is 2. The highest BCUT2D eigenvalue weighted by Crippen LogP contribution is 2.41. The first-order valence-corrected chi connectivity index (χ1v) is 7.89. The molecule has 0 aromatic heterocycles. The van der Waals surface area contributed by atoms with Gasteiger partial charge in [0.15, 0.2) is 0 Å². The predicted octanol–water partition coefficient (Wildman–Crippen LogP) is 4.09. The van der Waals surface area contributed by atoms with E-state index in [2.05, 4.69) is 41.7 Å². The quantitative estimate of drug-likeness (QED) is 0.787. The number of methoxy groups -OCH3 is 1. The van der Waals surface area contributed by atoms with Crippen LogP contribution in [0.1, 0.15) is 43.7 Å². The van der Waals surface area contributed by atoms with Crippen molar-refractivity contribution in [2.75, 3.05) is 13.7 Å². The van der Waals surface area contributed by atoms with Gasteiger partial charge < -0.3 is 10.1 Å². The molecule has 2 aliphatic carbocycles. The van der Waals surface area contributed by atoms with Crippen LogP contribution in [0.15, 0.2) is 36.4 Å². The lowest BCUT2D eigenvalue weighted by molar-refractivity contribution is 0.386. The van der Waals surface area contributed by atoms with Crippen LogP contribution in [0, 0.1) is 11.8 Å². The van der Waals surface area contributed by atoms with Crippen LogP contribution in [0.2, 0.25) is 0 Å². The van der Waals surface area contributed by atoms with E-state index >= 15 is 0 Å². The van der Waals surface area contributed by atoms with Gasteiger partial charge >= 0.3 is 0 Å². The Morgan fingerprint density at radius 3 is 2.55 bits per heavy atom. The van der Waals surface area contributed by atoms with Gasteiger partial charge in [-0.15, -0.1) is 0 Å². The van der Waals surface area contributed by atoms with Crippen LogP contribution in [0.5, 0.6) is 5.75 Å². The first-order chi connectivity index (χ1) is 9.86. The molecule has 0 radical (unpaired) electrons. The molecule has 2 unspecified atom stereocenters. The molecule has 1 saturated carbocycles. The molecule has 0 spiro atoms. The second-order valence-corrected chi connectivity index (χ2v) is 6.15. The van der Waals surface area contributed by atoms with Gasteiger partial charge in [-0.05, 0) is 68.2 Å². The summed E-state index contributed by atoms with van der Waals surface area (Å²) in [4.78, 5) is 0. The van der Waals surface area contributed by atoms with Crippen molar-refractivity contribution in [2.45, 2.75) is 38.1 Å². The molecule has 20 heavy (non-hydrogen) atoms. The molecule has 0 saturated heterocycles. The van der Waals surface area contributed by atoms with Crippen molar-refractivity contribution in [3.8, 4) is 5.75 Å². The average Bonchev–Trinajstić information content (AvgIpc) is 3.34. The summed E-state index contributed by atoms with van der Waals surface area (Å²) >= 11 is 0. The Hall–Kier alpha value is -1.28. The number of hydrogen-bond acceptors (Lipinski definition) is 2. The van der Waals surface area contributed by atoms with Gasteiger partial charge in [0.1, 0.15) is 5.75 Å². The zero-order chi connectivity index (χ0) is 13.8. The van der Waals surface area contributed by atoms with Crippen LogP contribution in [0.25, 0.3) is 0 Å². The lowest BCUT2D eigenvalue weighted by Gasteiger charge is -2.24. The zero-order valence-electron chi connectivity index (χ0n) is 12.3. The number of benzene rings is 1. The monoisotopic (exact) mass is 271 g/mol. The summed E-state index contributed by atoms with van der Waals surface area (Å²) in [7, 11) is 1.72. The van der Waals surface area contributed by atoms with E-state index in [4.69, 9.17) is 4.74 Å². The summed E-state index contributed by atoms with van der Waals surface area (Å²) in [6.07, 6.45) is 11.2. The molecular formula is C18H25NO. The molecule has 0 bridgehead atoms. The minimum absolute atomic E-state index is 0.534. The van der Waals surface area contributed by atoms with Crippen molar-refractivity contribution in [3.63, 3.8) is 0 Å². The topological polar surface area (TPSA) is 21.3 Å². The van der Waals surface area contributed by atoms with Crippen LogP contribution in [0.4, 0.5) is 0 Å². The Morgan fingerprint density at radius 2 is 1.95 bits per heavy atom. The molecule has 2 heteroatoms. The van der Waals surface area contributed by atoms with Crippen LogP contribution in [-0.4, -0.2) is 13.7 Å². The van der Waals surface area contributed by atoms with Gasteiger partial charge in [-0.1, -0.05) is 24.3 Å². The smallest absolute Gasteiger partial charge is 0.118 e.